The van der Waals surface area contributed by atoms with Crippen molar-refractivity contribution >= 4 is 27.7 Å². The van der Waals surface area contributed by atoms with Crippen LogP contribution in [0.25, 0.3) is 0 Å². The summed E-state index contributed by atoms with van der Waals surface area (Å²) in [4.78, 5) is 11.2. The van der Waals surface area contributed by atoms with Gasteiger partial charge >= 0.3 is 0 Å². The van der Waals surface area contributed by atoms with E-state index in [1.165, 1.54) is 5.41 Å². The smallest absolute Gasteiger partial charge is 0.199 e. The van der Waals surface area contributed by atoms with Gasteiger partial charge < -0.3 is 4.79 Å². The lowest BCUT2D eigenvalue weighted by atomic mass is 9.99. The largest absolute Gasteiger partial charge is 0.303 e. The average Bonchev–Trinajstić information content (AvgIpc) is 2.51. The van der Waals surface area contributed by atoms with Crippen molar-refractivity contribution in [3.63, 3.8) is 0 Å². The van der Waals surface area contributed by atoms with E-state index in [2.05, 4.69) is 0 Å². The Morgan fingerprint density at radius 2 is 1.76 bits per heavy atom. The Balaban J connectivity index is 2.39. The molecule has 0 fully saturated rings. The minimum atomic E-state index is -3.35. The molecule has 0 spiro atoms. The maximum absolute atomic E-state index is 12.0. The Labute approximate surface area is 131 Å². The van der Waals surface area contributed by atoms with Crippen LogP contribution in [0.4, 0.5) is 0 Å². The van der Waals surface area contributed by atoms with E-state index in [9.17, 15) is 13.2 Å². The molecule has 1 aromatic rings. The lowest BCUT2D eigenvalue weighted by Gasteiger charge is -2.07. The third-order valence-corrected chi connectivity index (χ3v) is 4.94. The van der Waals surface area contributed by atoms with Gasteiger partial charge in [-0.3, -0.25) is 0 Å². The number of alkyl halides is 1. The minimum absolute atomic E-state index is 0.0304. The fraction of sp³-hybridized carbons (Fsp3) is 0.438. The summed E-state index contributed by atoms with van der Waals surface area (Å²) < 4.78 is 23.9. The van der Waals surface area contributed by atoms with Gasteiger partial charge in [0.2, 0.25) is 0 Å². The predicted octanol–water partition coefficient (Wildman–Crippen LogP) is 3.98. The molecule has 0 radical (unpaired) electrons. The summed E-state index contributed by atoms with van der Waals surface area (Å²) in [6, 6.07) is 8.34. The van der Waals surface area contributed by atoms with E-state index in [0.29, 0.717) is 17.2 Å². The number of sulfone groups is 1. The number of hydrogen-bond acceptors (Lipinski definition) is 3. The van der Waals surface area contributed by atoms with Crippen LogP contribution < -0.4 is 0 Å². The molecule has 3 nitrogen and oxygen atoms in total. The van der Waals surface area contributed by atoms with E-state index in [1.807, 2.05) is 0 Å². The molecule has 21 heavy (non-hydrogen) atoms. The van der Waals surface area contributed by atoms with Gasteiger partial charge in [-0.1, -0.05) is 24.3 Å². The van der Waals surface area contributed by atoms with Gasteiger partial charge in [0.25, 0.3) is 0 Å². The van der Waals surface area contributed by atoms with Crippen LogP contribution >= 0.6 is 11.6 Å². The molecule has 0 heterocycles. The molecule has 116 valence electrons. The summed E-state index contributed by atoms with van der Waals surface area (Å²) >= 11 is 5.60. The third kappa shape index (κ3) is 6.91. The van der Waals surface area contributed by atoms with Crippen LogP contribution in [0.5, 0.6) is 0 Å². The molecule has 1 unspecified atom stereocenters. The van der Waals surface area contributed by atoms with Gasteiger partial charge in [0, 0.05) is 17.2 Å². The molecule has 0 N–H and O–H groups in total. The Bertz CT molecular complexity index is 538. The first-order valence-corrected chi connectivity index (χ1v) is 9.16. The molecule has 5 heteroatoms. The van der Waals surface area contributed by atoms with Gasteiger partial charge in [-0.15, -0.1) is 11.6 Å². The number of carbonyl (C=O) groups excluding carboxylic acids is 1. The van der Waals surface area contributed by atoms with Crippen LogP contribution in [0.15, 0.2) is 46.7 Å². The van der Waals surface area contributed by atoms with Gasteiger partial charge in [0.15, 0.2) is 9.84 Å². The van der Waals surface area contributed by atoms with Crippen LogP contribution in [-0.2, 0) is 14.6 Å². The zero-order valence-electron chi connectivity index (χ0n) is 11.9. The second-order valence-electron chi connectivity index (χ2n) is 4.89. The highest BCUT2D eigenvalue weighted by Crippen LogP contribution is 2.15. The van der Waals surface area contributed by atoms with Crippen molar-refractivity contribution in [2.45, 2.75) is 37.0 Å². The maximum atomic E-state index is 12.0. The van der Waals surface area contributed by atoms with Crippen LogP contribution in [0.2, 0.25) is 0 Å². The molecular weight excluding hydrogens is 308 g/mol. The molecule has 0 saturated carbocycles. The number of unbranched alkanes of at least 4 members (excludes halogenated alkanes) is 1. The van der Waals surface area contributed by atoms with E-state index in [0.717, 1.165) is 32.0 Å². The standard InChI is InChI=1S/C16H21ClO3S/c17-12-7-9-15(14-18)8-3-2-6-13-21(19,20)16-10-4-1-5-11-16/h1,4-6,10-11,13-15H,2-3,7-9,12H2/b13-6+. The zero-order chi connectivity index (χ0) is 15.6. The lowest BCUT2D eigenvalue weighted by Crippen LogP contribution is -2.02. The van der Waals surface area contributed by atoms with Crippen LogP contribution in [0, 0.1) is 5.92 Å². The fourth-order valence-corrected chi connectivity index (χ4v) is 3.24. The Kier molecular flexibility index (Phi) is 8.31. The third-order valence-electron chi connectivity index (χ3n) is 3.19. The molecule has 1 atom stereocenters. The zero-order valence-corrected chi connectivity index (χ0v) is 13.5. The fourth-order valence-electron chi connectivity index (χ4n) is 2.00. The van der Waals surface area contributed by atoms with Crippen molar-refractivity contribution in [3.05, 3.63) is 41.8 Å². The highest BCUT2D eigenvalue weighted by atomic mass is 35.5. The van der Waals surface area contributed by atoms with Crippen molar-refractivity contribution in [1.82, 2.24) is 0 Å². The highest BCUT2D eigenvalue weighted by molar-refractivity contribution is 7.94. The molecule has 0 aliphatic heterocycles. The quantitative estimate of drug-likeness (QED) is 0.371. The average molecular weight is 329 g/mol. The van der Waals surface area contributed by atoms with E-state index in [4.69, 9.17) is 11.6 Å². The molecule has 0 saturated heterocycles. The molecule has 1 rings (SSSR count). The SMILES string of the molecule is O=CC(CCCCl)CCC/C=C/S(=O)(=O)c1ccccc1. The number of allylic oxidation sites excluding steroid dienone is 1. The number of benzene rings is 1. The molecular formula is C16H21ClO3S. The summed E-state index contributed by atoms with van der Waals surface area (Å²) in [5.41, 5.74) is 0. The predicted molar refractivity (Wildman–Crippen MR) is 86.1 cm³/mol. The maximum Gasteiger partial charge on any atom is 0.199 e. The van der Waals surface area contributed by atoms with Crippen molar-refractivity contribution in [1.29, 1.82) is 0 Å². The molecule has 0 amide bonds. The van der Waals surface area contributed by atoms with Crippen molar-refractivity contribution in [2.24, 2.45) is 5.92 Å². The number of halogens is 1. The normalized spacial score (nSPS) is 13.4. The van der Waals surface area contributed by atoms with Crippen LogP contribution in [0.3, 0.4) is 0 Å². The number of hydrogen-bond donors (Lipinski definition) is 0. The first-order chi connectivity index (χ1) is 10.1. The van der Waals surface area contributed by atoms with E-state index in [1.54, 1.807) is 36.4 Å². The Morgan fingerprint density at radius 1 is 1.10 bits per heavy atom. The van der Waals surface area contributed by atoms with Gasteiger partial charge in [-0.25, -0.2) is 8.42 Å². The Hall–Kier alpha value is -1.13. The van der Waals surface area contributed by atoms with Crippen LogP contribution in [0.1, 0.15) is 32.1 Å². The van der Waals surface area contributed by atoms with Crippen molar-refractivity contribution < 1.29 is 13.2 Å². The molecule has 0 aliphatic rings. The summed E-state index contributed by atoms with van der Waals surface area (Å²) in [6.45, 7) is 0. The summed E-state index contributed by atoms with van der Waals surface area (Å²) in [6.07, 6.45) is 6.49. The second-order valence-corrected chi connectivity index (χ2v) is 7.10. The van der Waals surface area contributed by atoms with Gasteiger partial charge in [-0.05, 0) is 44.2 Å². The highest BCUT2D eigenvalue weighted by Gasteiger charge is 2.09. The van der Waals surface area contributed by atoms with Gasteiger partial charge in [0.1, 0.15) is 6.29 Å². The number of carbonyl (C=O) groups is 1. The van der Waals surface area contributed by atoms with E-state index in [-0.39, 0.29) is 5.92 Å². The second kappa shape index (κ2) is 9.74. The first kappa shape index (κ1) is 17.9. The topological polar surface area (TPSA) is 51.2 Å². The molecule has 0 bridgehead atoms. The van der Waals surface area contributed by atoms with Gasteiger partial charge in [-0.2, -0.15) is 0 Å². The first-order valence-electron chi connectivity index (χ1n) is 7.08. The molecule has 0 aromatic heterocycles. The molecule has 0 aliphatic carbocycles. The number of rotatable bonds is 10. The van der Waals surface area contributed by atoms with Crippen LogP contribution in [-0.4, -0.2) is 20.6 Å². The molecule has 1 aromatic carbocycles. The van der Waals surface area contributed by atoms with E-state index < -0.39 is 9.84 Å². The van der Waals surface area contributed by atoms with E-state index >= 15 is 0 Å². The summed E-state index contributed by atoms with van der Waals surface area (Å²) in [5.74, 6) is 0.599. The van der Waals surface area contributed by atoms with Crippen molar-refractivity contribution in [3.8, 4) is 0 Å². The summed E-state index contributed by atoms with van der Waals surface area (Å²) in [5, 5.41) is 1.25. The lowest BCUT2D eigenvalue weighted by molar-refractivity contribution is -0.111. The summed E-state index contributed by atoms with van der Waals surface area (Å²) in [7, 11) is -3.35. The Morgan fingerprint density at radius 3 is 2.38 bits per heavy atom. The van der Waals surface area contributed by atoms with Gasteiger partial charge in [0.05, 0.1) is 4.90 Å². The van der Waals surface area contributed by atoms with Crippen molar-refractivity contribution in [2.75, 3.05) is 5.88 Å². The minimum Gasteiger partial charge on any atom is -0.303 e. The monoisotopic (exact) mass is 328 g/mol. The number of aldehydes is 1.